The molecule has 0 unspecified atom stereocenters. The number of aromatic nitrogens is 1. The summed E-state index contributed by atoms with van der Waals surface area (Å²) in [6, 6.07) is 6.01. The quantitative estimate of drug-likeness (QED) is 0.747. The van der Waals surface area contributed by atoms with E-state index in [1.807, 2.05) is 23.1 Å². The summed E-state index contributed by atoms with van der Waals surface area (Å²) in [5.41, 5.74) is 4.08. The van der Waals surface area contributed by atoms with Crippen LogP contribution < -0.4 is 14.8 Å². The zero-order valence-corrected chi connectivity index (χ0v) is 18.5. The predicted molar refractivity (Wildman–Crippen MR) is 115 cm³/mol. The Bertz CT molecular complexity index is 876. The van der Waals surface area contributed by atoms with Crippen molar-refractivity contribution in [1.29, 1.82) is 0 Å². The molecule has 2 aromatic rings. The van der Waals surface area contributed by atoms with Gasteiger partial charge in [0.1, 0.15) is 5.69 Å². The molecule has 2 aliphatic heterocycles. The maximum Gasteiger partial charge on any atom is 0.270 e. The minimum atomic E-state index is 0. The number of halogens is 2. The summed E-state index contributed by atoms with van der Waals surface area (Å²) in [5, 5.41) is 3.35. The molecule has 1 amide bonds. The highest BCUT2D eigenvalue weighted by atomic mass is 79.9. The molecule has 152 valence electrons. The molecule has 0 spiro atoms. The third kappa shape index (κ3) is 3.63. The minimum Gasteiger partial charge on any atom is -0.493 e. The van der Waals surface area contributed by atoms with Crippen molar-refractivity contribution >= 4 is 34.2 Å². The smallest absolute Gasteiger partial charge is 0.270 e. The first-order valence-electron chi connectivity index (χ1n) is 9.28. The molecular formula is C20H25BrClN3O3. The van der Waals surface area contributed by atoms with Crippen molar-refractivity contribution in [2.45, 2.75) is 19.4 Å². The molecule has 28 heavy (non-hydrogen) atoms. The number of hydrogen-bond acceptors (Lipinski definition) is 4. The summed E-state index contributed by atoms with van der Waals surface area (Å²) >= 11 is 3.69. The molecule has 1 aromatic heterocycles. The van der Waals surface area contributed by atoms with Crippen molar-refractivity contribution in [1.82, 2.24) is 14.8 Å². The molecule has 1 fully saturated rings. The summed E-state index contributed by atoms with van der Waals surface area (Å²) in [7, 11) is 3.29. The number of carbonyl (C=O) groups is 1. The van der Waals surface area contributed by atoms with Crippen LogP contribution in [0.15, 0.2) is 22.7 Å². The fourth-order valence-corrected chi connectivity index (χ4v) is 4.64. The summed E-state index contributed by atoms with van der Waals surface area (Å²) in [4.78, 5) is 15.1. The van der Waals surface area contributed by atoms with Gasteiger partial charge in [0.25, 0.3) is 5.91 Å². The van der Waals surface area contributed by atoms with Crippen LogP contribution in [0.25, 0.3) is 11.3 Å². The minimum absolute atomic E-state index is 0. The van der Waals surface area contributed by atoms with E-state index in [1.54, 1.807) is 14.2 Å². The lowest BCUT2D eigenvalue weighted by Crippen LogP contribution is -2.35. The van der Waals surface area contributed by atoms with E-state index < -0.39 is 0 Å². The van der Waals surface area contributed by atoms with Crippen LogP contribution in [-0.2, 0) is 13.0 Å². The highest BCUT2D eigenvalue weighted by Crippen LogP contribution is 2.42. The average Bonchev–Trinajstić information content (AvgIpc) is 2.87. The third-order valence-electron chi connectivity index (χ3n) is 5.37. The molecule has 6 nitrogen and oxygen atoms in total. The van der Waals surface area contributed by atoms with Gasteiger partial charge < -0.3 is 24.3 Å². The second kappa shape index (κ2) is 8.76. The first kappa shape index (κ1) is 21.0. The Labute approximate surface area is 179 Å². The number of nitrogens with zero attached hydrogens (tertiary/aromatic N) is 2. The van der Waals surface area contributed by atoms with E-state index in [2.05, 4.69) is 25.8 Å². The fourth-order valence-electron chi connectivity index (χ4n) is 3.99. The van der Waals surface area contributed by atoms with Gasteiger partial charge in [0, 0.05) is 36.2 Å². The van der Waals surface area contributed by atoms with Gasteiger partial charge in [-0.05, 0) is 59.1 Å². The SMILES string of the molecule is COc1cc2c(cc1OC)-c1c(Br)cc(C(=O)N3CCCNCC3)n1CC2.Cl. The standard InChI is InChI=1S/C20H24BrN3O3.ClH/c1-26-17-10-13-4-8-24-16(20(25)23-7-3-5-22-6-9-23)12-15(21)19(24)14(13)11-18(17)27-2;/h10-12,22H,3-9H2,1-2H3;1H. The Kier molecular flexibility index (Phi) is 6.58. The van der Waals surface area contributed by atoms with E-state index in [9.17, 15) is 4.79 Å². The number of hydrogen-bond donors (Lipinski definition) is 1. The summed E-state index contributed by atoms with van der Waals surface area (Å²) in [6.07, 6.45) is 1.84. The zero-order chi connectivity index (χ0) is 19.0. The Morgan fingerprint density at radius 2 is 1.82 bits per heavy atom. The van der Waals surface area contributed by atoms with Gasteiger partial charge in [0.2, 0.25) is 0 Å². The number of methoxy groups -OCH3 is 2. The number of benzene rings is 1. The lowest BCUT2D eigenvalue weighted by atomic mass is 9.97. The lowest BCUT2D eigenvalue weighted by molar-refractivity contribution is 0.0755. The van der Waals surface area contributed by atoms with Crippen molar-refractivity contribution in [2.75, 3.05) is 40.4 Å². The second-order valence-corrected chi connectivity index (χ2v) is 7.74. The molecule has 0 aliphatic carbocycles. The van der Waals surface area contributed by atoms with Crippen molar-refractivity contribution in [3.05, 3.63) is 33.9 Å². The van der Waals surface area contributed by atoms with Crippen LogP contribution >= 0.6 is 28.3 Å². The number of amides is 1. The molecule has 1 saturated heterocycles. The first-order valence-corrected chi connectivity index (χ1v) is 10.1. The largest absolute Gasteiger partial charge is 0.493 e. The summed E-state index contributed by atoms with van der Waals surface area (Å²) < 4.78 is 14.0. The molecule has 1 aromatic carbocycles. The normalized spacial score (nSPS) is 15.8. The summed E-state index contributed by atoms with van der Waals surface area (Å²) in [5.74, 6) is 1.54. The van der Waals surface area contributed by atoms with Gasteiger partial charge in [-0.3, -0.25) is 4.79 Å². The molecule has 1 N–H and O–H groups in total. The molecule has 0 radical (unpaired) electrons. The van der Waals surface area contributed by atoms with Gasteiger partial charge in [0.15, 0.2) is 11.5 Å². The molecule has 3 heterocycles. The van der Waals surface area contributed by atoms with Crippen LogP contribution in [0.4, 0.5) is 0 Å². The van der Waals surface area contributed by atoms with Crippen LogP contribution in [0, 0.1) is 0 Å². The van der Waals surface area contributed by atoms with Crippen LogP contribution in [-0.4, -0.2) is 55.8 Å². The fraction of sp³-hybridized carbons (Fsp3) is 0.450. The van der Waals surface area contributed by atoms with Crippen molar-refractivity contribution in [3.63, 3.8) is 0 Å². The predicted octanol–water partition coefficient (Wildman–Crippen LogP) is 3.35. The van der Waals surface area contributed by atoms with Crippen molar-refractivity contribution in [3.8, 4) is 22.8 Å². The van der Waals surface area contributed by atoms with E-state index in [0.717, 1.165) is 72.7 Å². The Morgan fingerprint density at radius 1 is 1.07 bits per heavy atom. The van der Waals surface area contributed by atoms with E-state index in [1.165, 1.54) is 5.56 Å². The van der Waals surface area contributed by atoms with E-state index in [4.69, 9.17) is 9.47 Å². The van der Waals surface area contributed by atoms with E-state index in [-0.39, 0.29) is 18.3 Å². The number of fused-ring (bicyclic) bond motifs is 3. The highest BCUT2D eigenvalue weighted by molar-refractivity contribution is 9.10. The lowest BCUT2D eigenvalue weighted by Gasteiger charge is -2.25. The van der Waals surface area contributed by atoms with Crippen LogP contribution in [0.1, 0.15) is 22.5 Å². The van der Waals surface area contributed by atoms with Gasteiger partial charge in [-0.2, -0.15) is 0 Å². The molecular weight excluding hydrogens is 446 g/mol. The first-order chi connectivity index (χ1) is 13.1. The zero-order valence-electron chi connectivity index (χ0n) is 16.1. The Morgan fingerprint density at radius 3 is 2.57 bits per heavy atom. The van der Waals surface area contributed by atoms with Gasteiger partial charge >= 0.3 is 0 Å². The van der Waals surface area contributed by atoms with Gasteiger partial charge in [0.05, 0.1) is 19.9 Å². The van der Waals surface area contributed by atoms with Gasteiger partial charge in [-0.15, -0.1) is 12.4 Å². The van der Waals surface area contributed by atoms with Gasteiger partial charge in [-0.25, -0.2) is 0 Å². The van der Waals surface area contributed by atoms with E-state index in [0.29, 0.717) is 5.75 Å². The molecule has 2 aliphatic rings. The molecule has 4 rings (SSSR count). The monoisotopic (exact) mass is 469 g/mol. The highest BCUT2D eigenvalue weighted by Gasteiger charge is 2.28. The Hall–Kier alpha value is -1.70. The van der Waals surface area contributed by atoms with E-state index >= 15 is 0 Å². The molecule has 0 saturated carbocycles. The van der Waals surface area contributed by atoms with Crippen LogP contribution in [0.5, 0.6) is 11.5 Å². The van der Waals surface area contributed by atoms with Crippen molar-refractivity contribution in [2.24, 2.45) is 0 Å². The number of rotatable bonds is 3. The van der Waals surface area contributed by atoms with Crippen molar-refractivity contribution < 1.29 is 14.3 Å². The molecule has 8 heteroatoms. The number of nitrogens with one attached hydrogen (secondary N) is 1. The molecule has 0 bridgehead atoms. The number of carbonyl (C=O) groups excluding carboxylic acids is 1. The van der Waals surface area contributed by atoms with Crippen LogP contribution in [0.3, 0.4) is 0 Å². The number of aryl methyl sites for hydroxylation is 1. The second-order valence-electron chi connectivity index (χ2n) is 6.89. The summed E-state index contributed by atoms with van der Waals surface area (Å²) in [6.45, 7) is 4.13. The van der Waals surface area contributed by atoms with Gasteiger partial charge in [-0.1, -0.05) is 0 Å². The average molecular weight is 471 g/mol. The Balaban J connectivity index is 0.00000225. The van der Waals surface area contributed by atoms with Crippen LogP contribution in [0.2, 0.25) is 0 Å². The maximum absolute atomic E-state index is 13.2. The topological polar surface area (TPSA) is 55.7 Å². The maximum atomic E-state index is 13.2. The molecule has 0 atom stereocenters. The number of ether oxygens (including phenoxy) is 2. The third-order valence-corrected chi connectivity index (χ3v) is 5.97.